The Hall–Kier alpha value is -1.02. The lowest BCUT2D eigenvalue weighted by Crippen LogP contribution is -2.33. The maximum absolute atomic E-state index is 5.39. The monoisotopic (exact) mass is 261 g/mol. The van der Waals surface area contributed by atoms with Crippen LogP contribution in [0.1, 0.15) is 39.2 Å². The summed E-state index contributed by atoms with van der Waals surface area (Å²) in [5.74, 6) is 1.79. The van der Waals surface area contributed by atoms with Crippen LogP contribution in [0.2, 0.25) is 0 Å². The molecule has 1 aliphatic rings. The first-order valence-corrected chi connectivity index (χ1v) is 7.37. The zero-order valence-electron chi connectivity index (χ0n) is 12.7. The van der Waals surface area contributed by atoms with Gasteiger partial charge in [-0.3, -0.25) is 0 Å². The summed E-state index contributed by atoms with van der Waals surface area (Å²) in [5.41, 5.74) is 1.80. The van der Waals surface area contributed by atoms with Gasteiger partial charge in [0.25, 0.3) is 0 Å². The van der Waals surface area contributed by atoms with Gasteiger partial charge in [-0.1, -0.05) is 39.0 Å². The molecule has 0 saturated heterocycles. The second-order valence-corrected chi connectivity index (χ2v) is 6.67. The summed E-state index contributed by atoms with van der Waals surface area (Å²) in [4.78, 5) is 0. The van der Waals surface area contributed by atoms with Crippen LogP contribution in [0.3, 0.4) is 0 Å². The summed E-state index contributed by atoms with van der Waals surface area (Å²) in [5, 5.41) is 3.73. The summed E-state index contributed by atoms with van der Waals surface area (Å²) < 4.78 is 5.39. The van der Waals surface area contributed by atoms with Crippen molar-refractivity contribution in [2.45, 2.75) is 46.1 Å². The molecule has 0 aromatic heterocycles. The second-order valence-electron chi connectivity index (χ2n) is 6.67. The van der Waals surface area contributed by atoms with Crippen molar-refractivity contribution in [2.75, 3.05) is 13.7 Å². The molecule has 2 rings (SSSR count). The van der Waals surface area contributed by atoms with E-state index in [4.69, 9.17) is 4.74 Å². The van der Waals surface area contributed by atoms with Gasteiger partial charge in [-0.05, 0) is 48.8 Å². The van der Waals surface area contributed by atoms with Gasteiger partial charge in [0.05, 0.1) is 7.11 Å². The third-order valence-electron chi connectivity index (χ3n) is 4.33. The Kier molecular flexibility index (Phi) is 4.51. The molecule has 0 aliphatic heterocycles. The number of benzene rings is 1. The molecule has 0 heterocycles. The van der Waals surface area contributed by atoms with E-state index in [2.05, 4.69) is 38.2 Å². The molecule has 1 N–H and O–H groups in total. The van der Waals surface area contributed by atoms with E-state index in [-0.39, 0.29) is 0 Å². The lowest BCUT2D eigenvalue weighted by atomic mass is 9.91. The van der Waals surface area contributed by atoms with Crippen LogP contribution in [0.25, 0.3) is 0 Å². The quantitative estimate of drug-likeness (QED) is 0.873. The Morgan fingerprint density at radius 1 is 1.26 bits per heavy atom. The Balaban J connectivity index is 1.84. The topological polar surface area (TPSA) is 21.3 Å². The molecule has 0 amide bonds. The molecule has 0 radical (unpaired) electrons. The zero-order chi connectivity index (χ0) is 13.9. The third kappa shape index (κ3) is 3.73. The van der Waals surface area contributed by atoms with Crippen molar-refractivity contribution in [3.05, 3.63) is 29.8 Å². The first kappa shape index (κ1) is 14.4. The van der Waals surface area contributed by atoms with Crippen LogP contribution in [0, 0.1) is 11.3 Å². The second kappa shape index (κ2) is 5.96. The molecular formula is C17H27NO. The average molecular weight is 261 g/mol. The number of methoxy groups -OCH3 is 1. The van der Waals surface area contributed by atoms with Gasteiger partial charge in [0.15, 0.2) is 0 Å². The number of ether oxygens (including phenoxy) is 1. The molecule has 1 fully saturated rings. The van der Waals surface area contributed by atoms with Crippen LogP contribution in [0.4, 0.5) is 0 Å². The van der Waals surface area contributed by atoms with E-state index in [1.807, 2.05) is 12.1 Å². The largest absolute Gasteiger partial charge is 0.496 e. The first-order chi connectivity index (χ1) is 9.02. The lowest BCUT2D eigenvalue weighted by molar-refractivity contribution is 0.362. The van der Waals surface area contributed by atoms with Crippen molar-refractivity contribution in [1.82, 2.24) is 5.32 Å². The van der Waals surface area contributed by atoms with Crippen molar-refractivity contribution in [2.24, 2.45) is 11.3 Å². The minimum Gasteiger partial charge on any atom is -0.496 e. The van der Waals surface area contributed by atoms with E-state index >= 15 is 0 Å². The molecule has 1 aliphatic carbocycles. The van der Waals surface area contributed by atoms with Gasteiger partial charge in [-0.15, -0.1) is 0 Å². The average Bonchev–Trinajstić information content (AvgIpc) is 2.63. The lowest BCUT2D eigenvalue weighted by Gasteiger charge is -2.19. The summed E-state index contributed by atoms with van der Waals surface area (Å²) in [6, 6.07) is 8.97. The predicted octanol–water partition coefficient (Wildman–Crippen LogP) is 3.65. The number of rotatable bonds is 5. The predicted molar refractivity (Wildman–Crippen MR) is 80.7 cm³/mol. The van der Waals surface area contributed by atoms with Gasteiger partial charge in [0.2, 0.25) is 0 Å². The third-order valence-corrected chi connectivity index (χ3v) is 4.33. The summed E-state index contributed by atoms with van der Waals surface area (Å²) in [6.45, 7) is 8.16. The number of para-hydroxylation sites is 1. The maximum Gasteiger partial charge on any atom is 0.122 e. The Bertz CT molecular complexity index is 413. The molecule has 1 saturated carbocycles. The van der Waals surface area contributed by atoms with Gasteiger partial charge in [0, 0.05) is 6.04 Å². The highest BCUT2D eigenvalue weighted by molar-refractivity contribution is 5.33. The number of nitrogens with one attached hydrogen (secondary N) is 1. The Labute approximate surface area is 117 Å². The molecule has 1 aromatic rings. The molecular weight excluding hydrogens is 234 g/mol. The van der Waals surface area contributed by atoms with E-state index < -0.39 is 0 Å². The molecule has 1 aromatic carbocycles. The SMILES string of the molecule is COc1ccccc1CCNC1CC(C)(C)CC1C. The van der Waals surface area contributed by atoms with Crippen LogP contribution in [0.5, 0.6) is 5.75 Å². The highest BCUT2D eigenvalue weighted by atomic mass is 16.5. The van der Waals surface area contributed by atoms with Gasteiger partial charge < -0.3 is 10.1 Å². The fourth-order valence-corrected chi connectivity index (χ4v) is 3.47. The Morgan fingerprint density at radius 3 is 2.63 bits per heavy atom. The highest BCUT2D eigenvalue weighted by Crippen LogP contribution is 2.40. The molecule has 106 valence electrons. The van der Waals surface area contributed by atoms with Crippen molar-refractivity contribution in [3.63, 3.8) is 0 Å². The molecule has 0 spiro atoms. The van der Waals surface area contributed by atoms with Gasteiger partial charge in [-0.25, -0.2) is 0 Å². The smallest absolute Gasteiger partial charge is 0.122 e. The standard InChI is InChI=1S/C17H27NO/c1-13-11-17(2,3)12-15(13)18-10-9-14-7-5-6-8-16(14)19-4/h5-8,13,15,18H,9-12H2,1-4H3. The minimum absolute atomic E-state index is 0.502. The Morgan fingerprint density at radius 2 is 2.00 bits per heavy atom. The number of hydrogen-bond acceptors (Lipinski definition) is 2. The van der Waals surface area contributed by atoms with Crippen LogP contribution < -0.4 is 10.1 Å². The van der Waals surface area contributed by atoms with Crippen LogP contribution >= 0.6 is 0 Å². The van der Waals surface area contributed by atoms with Gasteiger partial charge in [0.1, 0.15) is 5.75 Å². The van der Waals surface area contributed by atoms with Crippen LogP contribution in [-0.4, -0.2) is 19.7 Å². The summed E-state index contributed by atoms with van der Waals surface area (Å²) in [7, 11) is 1.74. The fraction of sp³-hybridized carbons (Fsp3) is 0.647. The van der Waals surface area contributed by atoms with Crippen LogP contribution in [0.15, 0.2) is 24.3 Å². The van der Waals surface area contributed by atoms with E-state index in [1.165, 1.54) is 18.4 Å². The normalized spacial score (nSPS) is 25.5. The molecule has 2 unspecified atom stereocenters. The van der Waals surface area contributed by atoms with E-state index in [0.29, 0.717) is 11.5 Å². The van der Waals surface area contributed by atoms with Gasteiger partial charge >= 0.3 is 0 Å². The van der Waals surface area contributed by atoms with Crippen LogP contribution in [-0.2, 0) is 6.42 Å². The van der Waals surface area contributed by atoms with Crippen molar-refractivity contribution in [1.29, 1.82) is 0 Å². The van der Waals surface area contributed by atoms with Gasteiger partial charge in [-0.2, -0.15) is 0 Å². The minimum atomic E-state index is 0.502. The molecule has 2 nitrogen and oxygen atoms in total. The van der Waals surface area contributed by atoms with Crippen molar-refractivity contribution < 1.29 is 4.74 Å². The van der Waals surface area contributed by atoms with E-state index in [0.717, 1.165) is 24.6 Å². The molecule has 0 bridgehead atoms. The van der Waals surface area contributed by atoms with Crippen molar-refractivity contribution in [3.8, 4) is 5.75 Å². The number of hydrogen-bond donors (Lipinski definition) is 1. The molecule has 2 heteroatoms. The van der Waals surface area contributed by atoms with E-state index in [9.17, 15) is 0 Å². The summed E-state index contributed by atoms with van der Waals surface area (Å²) in [6.07, 6.45) is 3.66. The maximum atomic E-state index is 5.39. The summed E-state index contributed by atoms with van der Waals surface area (Å²) >= 11 is 0. The fourth-order valence-electron chi connectivity index (χ4n) is 3.47. The zero-order valence-corrected chi connectivity index (χ0v) is 12.7. The molecule has 19 heavy (non-hydrogen) atoms. The van der Waals surface area contributed by atoms with E-state index in [1.54, 1.807) is 7.11 Å². The molecule has 2 atom stereocenters. The van der Waals surface area contributed by atoms with Crippen molar-refractivity contribution >= 4 is 0 Å². The highest BCUT2D eigenvalue weighted by Gasteiger charge is 2.35. The first-order valence-electron chi connectivity index (χ1n) is 7.37.